The molecule has 0 atom stereocenters. The highest BCUT2D eigenvalue weighted by atomic mass is 32.2. The SMILES string of the molecule is Cc1ccc(S(=O)(=O)N2CCN(C(=O)c3nccnc3-c3nc4ccccc4s3)CC2)cc1. The fourth-order valence-corrected chi connectivity index (χ4v) is 6.15. The van der Waals surface area contributed by atoms with Gasteiger partial charge in [-0.1, -0.05) is 29.8 Å². The van der Waals surface area contributed by atoms with Crippen LogP contribution in [0.4, 0.5) is 0 Å². The Labute approximate surface area is 195 Å². The number of amides is 1. The predicted octanol–water partition coefficient (Wildman–Crippen LogP) is 3.21. The van der Waals surface area contributed by atoms with Crippen molar-refractivity contribution in [1.82, 2.24) is 24.2 Å². The summed E-state index contributed by atoms with van der Waals surface area (Å²) in [5, 5.41) is 0.633. The summed E-state index contributed by atoms with van der Waals surface area (Å²) < 4.78 is 28.4. The van der Waals surface area contributed by atoms with Crippen LogP contribution >= 0.6 is 11.3 Å². The van der Waals surface area contributed by atoms with Gasteiger partial charge >= 0.3 is 0 Å². The van der Waals surface area contributed by atoms with Crippen LogP contribution in [0.3, 0.4) is 0 Å². The number of carbonyl (C=O) groups excluding carboxylic acids is 1. The van der Waals surface area contributed by atoms with Gasteiger partial charge in [0.05, 0.1) is 15.1 Å². The van der Waals surface area contributed by atoms with Crippen LogP contribution in [0, 0.1) is 6.92 Å². The fourth-order valence-electron chi connectivity index (χ4n) is 3.77. The minimum Gasteiger partial charge on any atom is -0.335 e. The lowest BCUT2D eigenvalue weighted by Crippen LogP contribution is -2.50. The summed E-state index contributed by atoms with van der Waals surface area (Å²) in [6.45, 7) is 2.91. The molecule has 1 aliphatic heterocycles. The molecule has 3 heterocycles. The van der Waals surface area contributed by atoms with Crippen molar-refractivity contribution in [2.24, 2.45) is 0 Å². The second-order valence-corrected chi connectivity index (χ2v) is 10.7. The lowest BCUT2D eigenvalue weighted by Gasteiger charge is -2.34. The normalized spacial score (nSPS) is 15.1. The third kappa shape index (κ3) is 4.12. The molecule has 1 aliphatic rings. The van der Waals surface area contributed by atoms with E-state index in [4.69, 9.17) is 0 Å². The van der Waals surface area contributed by atoms with Crippen LogP contribution in [0.25, 0.3) is 20.9 Å². The Balaban J connectivity index is 1.35. The average Bonchev–Trinajstić information content (AvgIpc) is 3.28. The minimum absolute atomic E-state index is 0.221. The number of thiazole rings is 1. The first-order valence-corrected chi connectivity index (χ1v) is 12.7. The van der Waals surface area contributed by atoms with Gasteiger partial charge in [0.15, 0.2) is 5.69 Å². The first kappa shape index (κ1) is 21.6. The summed E-state index contributed by atoms with van der Waals surface area (Å²) in [7, 11) is -3.60. The van der Waals surface area contributed by atoms with Gasteiger partial charge in [-0.05, 0) is 31.2 Å². The number of benzene rings is 2. The highest BCUT2D eigenvalue weighted by molar-refractivity contribution is 7.89. The van der Waals surface area contributed by atoms with E-state index in [1.54, 1.807) is 35.4 Å². The number of hydrogen-bond acceptors (Lipinski definition) is 7. The largest absolute Gasteiger partial charge is 0.335 e. The average molecular weight is 480 g/mol. The molecule has 2 aromatic heterocycles. The molecular weight excluding hydrogens is 458 g/mol. The molecular formula is C23H21N5O3S2. The zero-order valence-electron chi connectivity index (χ0n) is 17.9. The van der Waals surface area contributed by atoms with Crippen molar-refractivity contribution in [2.45, 2.75) is 11.8 Å². The van der Waals surface area contributed by atoms with Gasteiger partial charge in [-0.25, -0.2) is 23.4 Å². The number of aryl methyl sites for hydroxylation is 1. The standard InChI is InChI=1S/C23H21N5O3S2/c1-16-6-8-17(9-7-16)33(30,31)28-14-12-27(13-15-28)23(29)21-20(24-10-11-25-21)22-26-18-4-2-3-5-19(18)32-22/h2-11H,12-15H2,1H3. The first-order chi connectivity index (χ1) is 15.9. The second kappa shape index (κ2) is 8.62. The van der Waals surface area contributed by atoms with Gasteiger partial charge in [0.25, 0.3) is 5.91 Å². The minimum atomic E-state index is -3.60. The Morgan fingerprint density at radius 3 is 2.36 bits per heavy atom. The quantitative estimate of drug-likeness (QED) is 0.446. The molecule has 33 heavy (non-hydrogen) atoms. The second-order valence-electron chi connectivity index (χ2n) is 7.75. The van der Waals surface area contributed by atoms with E-state index < -0.39 is 10.0 Å². The number of para-hydroxylation sites is 1. The summed E-state index contributed by atoms with van der Waals surface area (Å²) in [6, 6.07) is 14.5. The van der Waals surface area contributed by atoms with Crippen molar-refractivity contribution < 1.29 is 13.2 Å². The first-order valence-electron chi connectivity index (χ1n) is 10.5. The zero-order chi connectivity index (χ0) is 23.0. The van der Waals surface area contributed by atoms with Crippen LogP contribution in [0.2, 0.25) is 0 Å². The molecule has 10 heteroatoms. The van der Waals surface area contributed by atoms with Crippen LogP contribution in [0.15, 0.2) is 65.8 Å². The molecule has 1 amide bonds. The van der Waals surface area contributed by atoms with Crippen molar-refractivity contribution in [3.8, 4) is 10.7 Å². The van der Waals surface area contributed by atoms with Gasteiger partial charge in [-0.2, -0.15) is 4.31 Å². The molecule has 0 unspecified atom stereocenters. The molecule has 0 spiro atoms. The molecule has 1 fully saturated rings. The van der Waals surface area contributed by atoms with Gasteiger partial charge in [0, 0.05) is 38.6 Å². The molecule has 1 saturated heterocycles. The van der Waals surface area contributed by atoms with E-state index >= 15 is 0 Å². The fraction of sp³-hybridized carbons (Fsp3) is 0.217. The number of aromatic nitrogens is 3. The topological polar surface area (TPSA) is 96.4 Å². The Morgan fingerprint density at radius 1 is 0.939 bits per heavy atom. The number of hydrogen-bond donors (Lipinski definition) is 0. The lowest BCUT2D eigenvalue weighted by atomic mass is 10.2. The molecule has 0 N–H and O–H groups in total. The van der Waals surface area contributed by atoms with E-state index in [2.05, 4.69) is 15.0 Å². The van der Waals surface area contributed by atoms with Crippen molar-refractivity contribution in [2.75, 3.05) is 26.2 Å². The number of nitrogens with zero attached hydrogens (tertiary/aromatic N) is 5. The summed E-state index contributed by atoms with van der Waals surface area (Å²) in [5.41, 5.74) is 2.51. The van der Waals surface area contributed by atoms with Gasteiger partial charge in [0.1, 0.15) is 10.7 Å². The molecule has 2 aromatic carbocycles. The monoisotopic (exact) mass is 479 g/mol. The highest BCUT2D eigenvalue weighted by Gasteiger charge is 2.32. The number of rotatable bonds is 4. The van der Waals surface area contributed by atoms with Gasteiger partial charge in [-0.3, -0.25) is 4.79 Å². The van der Waals surface area contributed by atoms with Crippen LogP contribution in [0.1, 0.15) is 16.1 Å². The Hall–Kier alpha value is -3.21. The van der Waals surface area contributed by atoms with E-state index in [0.29, 0.717) is 10.7 Å². The highest BCUT2D eigenvalue weighted by Crippen LogP contribution is 2.30. The van der Waals surface area contributed by atoms with Gasteiger partial charge in [0.2, 0.25) is 10.0 Å². The Kier molecular flexibility index (Phi) is 5.65. The molecule has 0 radical (unpaired) electrons. The van der Waals surface area contributed by atoms with E-state index in [1.165, 1.54) is 21.8 Å². The Bertz CT molecular complexity index is 1390. The van der Waals surface area contributed by atoms with E-state index in [1.807, 2.05) is 31.2 Å². The van der Waals surface area contributed by atoms with Crippen molar-refractivity contribution in [1.29, 1.82) is 0 Å². The molecule has 5 rings (SSSR count). The smallest absolute Gasteiger partial charge is 0.274 e. The number of fused-ring (bicyclic) bond motifs is 1. The number of carbonyl (C=O) groups is 1. The number of piperazine rings is 1. The summed E-state index contributed by atoms with van der Waals surface area (Å²) in [5.74, 6) is -0.273. The predicted molar refractivity (Wildman–Crippen MR) is 126 cm³/mol. The molecule has 0 bridgehead atoms. The van der Waals surface area contributed by atoms with Gasteiger partial charge < -0.3 is 4.90 Å². The maximum absolute atomic E-state index is 13.3. The lowest BCUT2D eigenvalue weighted by molar-refractivity contribution is 0.0692. The summed E-state index contributed by atoms with van der Waals surface area (Å²) >= 11 is 1.46. The van der Waals surface area contributed by atoms with Crippen LogP contribution in [-0.2, 0) is 10.0 Å². The zero-order valence-corrected chi connectivity index (χ0v) is 19.5. The number of sulfonamides is 1. The summed E-state index contributed by atoms with van der Waals surface area (Å²) in [4.78, 5) is 28.5. The van der Waals surface area contributed by atoms with Crippen LogP contribution in [-0.4, -0.2) is 64.7 Å². The maximum atomic E-state index is 13.3. The molecule has 8 nitrogen and oxygen atoms in total. The van der Waals surface area contributed by atoms with Crippen molar-refractivity contribution in [3.05, 3.63) is 72.2 Å². The van der Waals surface area contributed by atoms with E-state index in [9.17, 15) is 13.2 Å². The van der Waals surface area contributed by atoms with E-state index in [-0.39, 0.29) is 42.7 Å². The van der Waals surface area contributed by atoms with Crippen molar-refractivity contribution >= 4 is 37.5 Å². The van der Waals surface area contributed by atoms with Gasteiger partial charge in [-0.15, -0.1) is 11.3 Å². The molecule has 0 aliphatic carbocycles. The Morgan fingerprint density at radius 2 is 1.64 bits per heavy atom. The maximum Gasteiger partial charge on any atom is 0.274 e. The molecule has 168 valence electrons. The third-order valence-electron chi connectivity index (χ3n) is 5.58. The van der Waals surface area contributed by atoms with Crippen molar-refractivity contribution in [3.63, 3.8) is 0 Å². The van der Waals surface area contributed by atoms with E-state index in [0.717, 1.165) is 15.8 Å². The summed E-state index contributed by atoms with van der Waals surface area (Å²) in [6.07, 6.45) is 3.03. The third-order valence-corrected chi connectivity index (χ3v) is 8.54. The molecule has 0 saturated carbocycles. The molecule has 4 aromatic rings. The van der Waals surface area contributed by atoms with Crippen LogP contribution in [0.5, 0.6) is 0 Å². The van der Waals surface area contributed by atoms with Crippen LogP contribution < -0.4 is 0 Å².